The van der Waals surface area contributed by atoms with E-state index in [9.17, 15) is 10.2 Å². The minimum atomic E-state index is -0.729. The molecule has 0 aliphatic carbocycles. The summed E-state index contributed by atoms with van der Waals surface area (Å²) in [6, 6.07) is 0. The van der Waals surface area contributed by atoms with Crippen LogP contribution in [0.25, 0.3) is 11.0 Å². The molecule has 0 amide bonds. The van der Waals surface area contributed by atoms with Gasteiger partial charge >= 0.3 is 0 Å². The van der Waals surface area contributed by atoms with Crippen molar-refractivity contribution in [1.29, 1.82) is 0 Å². The summed E-state index contributed by atoms with van der Waals surface area (Å²) in [6.45, 7) is -0.238. The number of hydrogen-bond acceptors (Lipinski definition) is 6. The molecule has 3 rings (SSSR count). The lowest BCUT2D eigenvalue weighted by molar-refractivity contribution is -0.0430. The fraction of sp³-hybridized carbons (Fsp3) is 0.474. The van der Waals surface area contributed by atoms with Crippen molar-refractivity contribution >= 4 is 16.9 Å². The SMILES string of the molecule is C#CCCCCC#Cc1cn([C@H]2C[C@H](O)[C@@H](CO)O2)c2ncnc(N)c12. The van der Waals surface area contributed by atoms with Gasteiger partial charge in [-0.25, -0.2) is 9.97 Å². The van der Waals surface area contributed by atoms with Crippen LogP contribution in [0.2, 0.25) is 0 Å². The lowest BCUT2D eigenvalue weighted by Gasteiger charge is -2.14. The van der Waals surface area contributed by atoms with Gasteiger partial charge in [-0.1, -0.05) is 11.8 Å². The third-order valence-electron chi connectivity index (χ3n) is 4.43. The van der Waals surface area contributed by atoms with Gasteiger partial charge in [0, 0.05) is 25.5 Å². The molecule has 0 radical (unpaired) electrons. The molecule has 1 saturated heterocycles. The van der Waals surface area contributed by atoms with Crippen LogP contribution >= 0.6 is 0 Å². The van der Waals surface area contributed by atoms with Crippen LogP contribution in [-0.2, 0) is 4.74 Å². The second-order valence-corrected chi connectivity index (χ2v) is 6.24. The molecule has 0 spiro atoms. The lowest BCUT2D eigenvalue weighted by atomic mass is 10.2. The molecular weight excluding hydrogens is 332 g/mol. The third-order valence-corrected chi connectivity index (χ3v) is 4.43. The van der Waals surface area contributed by atoms with Crippen molar-refractivity contribution in [3.8, 4) is 24.2 Å². The standard InChI is InChI=1S/C19H22N4O3/c1-2-3-4-5-6-7-8-13-10-23(16-9-14(25)15(11-24)26-16)19-17(13)18(20)21-12-22-19/h1,10,12,14-16,24-25H,3-6,9,11H2,(H2,20,21,22)/t14-,15+,16+/m0/s1. The molecule has 1 aliphatic heterocycles. The van der Waals surface area contributed by atoms with Crippen LogP contribution in [0.15, 0.2) is 12.5 Å². The number of terminal acetylenes is 1. The Bertz CT molecular complexity index is 875. The zero-order valence-corrected chi connectivity index (χ0v) is 14.4. The first kappa shape index (κ1) is 18.2. The van der Waals surface area contributed by atoms with E-state index in [-0.39, 0.29) is 6.61 Å². The van der Waals surface area contributed by atoms with Crippen LogP contribution < -0.4 is 5.73 Å². The number of nitrogens with zero attached hydrogens (tertiary/aromatic N) is 3. The average molecular weight is 354 g/mol. The molecule has 2 aromatic heterocycles. The van der Waals surface area contributed by atoms with Crippen LogP contribution in [0.3, 0.4) is 0 Å². The number of hydrogen-bond donors (Lipinski definition) is 3. The molecule has 0 unspecified atom stereocenters. The number of aliphatic hydroxyl groups excluding tert-OH is 2. The van der Waals surface area contributed by atoms with Crippen molar-refractivity contribution < 1.29 is 14.9 Å². The summed E-state index contributed by atoms with van der Waals surface area (Å²) in [6.07, 6.45) is 10.4. The zero-order chi connectivity index (χ0) is 18.5. The number of anilines is 1. The smallest absolute Gasteiger partial charge is 0.148 e. The Morgan fingerprint density at radius 1 is 1.35 bits per heavy atom. The number of nitrogens with two attached hydrogens (primary N) is 1. The summed E-state index contributed by atoms with van der Waals surface area (Å²) in [5.74, 6) is 9.24. The second-order valence-electron chi connectivity index (χ2n) is 6.24. The Morgan fingerprint density at radius 3 is 2.88 bits per heavy atom. The Morgan fingerprint density at radius 2 is 2.15 bits per heavy atom. The molecule has 1 fully saturated rings. The molecule has 3 heterocycles. The maximum atomic E-state index is 10.0. The second kappa shape index (κ2) is 8.20. The van der Waals surface area contributed by atoms with Gasteiger partial charge in [0.25, 0.3) is 0 Å². The first-order valence-corrected chi connectivity index (χ1v) is 8.63. The number of fused-ring (bicyclic) bond motifs is 1. The quantitative estimate of drug-likeness (QED) is 0.550. The predicted octanol–water partition coefficient (Wildman–Crippen LogP) is 1.20. The fourth-order valence-electron chi connectivity index (χ4n) is 3.07. The van der Waals surface area contributed by atoms with Crippen molar-refractivity contribution in [1.82, 2.24) is 14.5 Å². The molecule has 4 N–H and O–H groups in total. The molecule has 2 aromatic rings. The molecule has 0 saturated carbocycles. The molecule has 3 atom stereocenters. The minimum absolute atomic E-state index is 0.238. The zero-order valence-electron chi connectivity index (χ0n) is 14.4. The van der Waals surface area contributed by atoms with Gasteiger partial charge in [-0.05, 0) is 12.8 Å². The van der Waals surface area contributed by atoms with Gasteiger partial charge in [0.05, 0.1) is 23.7 Å². The van der Waals surface area contributed by atoms with Crippen molar-refractivity contribution in [2.75, 3.05) is 12.3 Å². The van der Waals surface area contributed by atoms with E-state index in [0.717, 1.165) is 31.2 Å². The van der Waals surface area contributed by atoms with Gasteiger partial charge < -0.3 is 25.3 Å². The first-order chi connectivity index (χ1) is 12.7. The van der Waals surface area contributed by atoms with Gasteiger partial charge in [0.1, 0.15) is 30.1 Å². The Balaban J connectivity index is 1.88. The number of aromatic nitrogens is 3. The third kappa shape index (κ3) is 3.66. The highest BCUT2D eigenvalue weighted by molar-refractivity contribution is 5.92. The largest absolute Gasteiger partial charge is 0.394 e. The molecule has 26 heavy (non-hydrogen) atoms. The van der Waals surface area contributed by atoms with Crippen molar-refractivity contribution in [3.05, 3.63) is 18.1 Å². The highest BCUT2D eigenvalue weighted by Crippen LogP contribution is 2.33. The van der Waals surface area contributed by atoms with Crippen LogP contribution in [0.1, 0.15) is 43.9 Å². The van der Waals surface area contributed by atoms with E-state index in [1.165, 1.54) is 6.33 Å². The van der Waals surface area contributed by atoms with Crippen molar-refractivity contribution in [2.45, 2.75) is 50.5 Å². The van der Waals surface area contributed by atoms with Crippen LogP contribution in [0.4, 0.5) is 5.82 Å². The Labute approximate surface area is 152 Å². The van der Waals surface area contributed by atoms with Gasteiger partial charge in [0.2, 0.25) is 0 Å². The summed E-state index contributed by atoms with van der Waals surface area (Å²) >= 11 is 0. The Kier molecular flexibility index (Phi) is 5.75. The van der Waals surface area contributed by atoms with Crippen LogP contribution in [0.5, 0.6) is 0 Å². The summed E-state index contributed by atoms with van der Waals surface area (Å²) < 4.78 is 7.54. The number of nitrogen functional groups attached to an aromatic ring is 1. The van der Waals surface area contributed by atoms with Gasteiger partial charge in [0.15, 0.2) is 0 Å². The molecular formula is C19H22N4O3. The molecule has 0 bridgehead atoms. The van der Waals surface area contributed by atoms with Crippen molar-refractivity contribution in [2.24, 2.45) is 0 Å². The van der Waals surface area contributed by atoms with Gasteiger partial charge in [-0.3, -0.25) is 0 Å². The van der Waals surface area contributed by atoms with E-state index < -0.39 is 18.4 Å². The molecule has 7 heteroatoms. The highest BCUT2D eigenvalue weighted by atomic mass is 16.5. The maximum absolute atomic E-state index is 10.0. The molecule has 7 nitrogen and oxygen atoms in total. The van der Waals surface area contributed by atoms with Gasteiger partial charge in [-0.2, -0.15) is 0 Å². The summed E-state index contributed by atoms with van der Waals surface area (Å²) in [5.41, 5.74) is 7.36. The summed E-state index contributed by atoms with van der Waals surface area (Å²) in [4.78, 5) is 8.37. The average Bonchev–Trinajstić information content (AvgIpc) is 3.19. The molecule has 136 valence electrons. The lowest BCUT2D eigenvalue weighted by Crippen LogP contribution is -2.24. The van der Waals surface area contributed by atoms with E-state index in [4.69, 9.17) is 16.9 Å². The van der Waals surface area contributed by atoms with E-state index in [0.29, 0.717) is 23.3 Å². The summed E-state index contributed by atoms with van der Waals surface area (Å²) in [7, 11) is 0. The topological polar surface area (TPSA) is 106 Å². The van der Waals surface area contributed by atoms with E-state index >= 15 is 0 Å². The molecule has 1 aliphatic rings. The first-order valence-electron chi connectivity index (χ1n) is 8.63. The number of unbranched alkanes of at least 4 members (excludes halogenated alkanes) is 3. The highest BCUT2D eigenvalue weighted by Gasteiger charge is 2.35. The predicted molar refractivity (Wildman–Crippen MR) is 97.7 cm³/mol. The van der Waals surface area contributed by atoms with Crippen molar-refractivity contribution in [3.63, 3.8) is 0 Å². The van der Waals surface area contributed by atoms with E-state index in [2.05, 4.69) is 27.7 Å². The maximum Gasteiger partial charge on any atom is 0.148 e. The van der Waals surface area contributed by atoms with E-state index in [1.54, 1.807) is 4.57 Å². The number of aliphatic hydroxyl groups is 2. The minimum Gasteiger partial charge on any atom is -0.394 e. The Hall–Kier alpha value is -2.58. The fourth-order valence-corrected chi connectivity index (χ4v) is 3.07. The monoisotopic (exact) mass is 354 g/mol. The molecule has 0 aromatic carbocycles. The van der Waals surface area contributed by atoms with Crippen LogP contribution in [-0.4, -0.2) is 43.6 Å². The number of rotatable bonds is 5. The number of ether oxygens (including phenoxy) is 1. The van der Waals surface area contributed by atoms with E-state index in [1.807, 2.05) is 6.20 Å². The normalized spacial score (nSPS) is 22.1. The van der Waals surface area contributed by atoms with Crippen LogP contribution in [0, 0.1) is 24.2 Å². The summed E-state index contributed by atoms with van der Waals surface area (Å²) in [5, 5.41) is 20.0. The van der Waals surface area contributed by atoms with Gasteiger partial charge in [-0.15, -0.1) is 12.3 Å².